The summed E-state index contributed by atoms with van der Waals surface area (Å²) in [5.41, 5.74) is 7.26. The number of nitrogens with one attached hydrogen (secondary N) is 1. The van der Waals surface area contributed by atoms with Gasteiger partial charge in [0.15, 0.2) is 5.13 Å². The molecule has 4 rings (SSSR count). The number of carbonyl (C=O) groups is 1. The molecule has 0 aliphatic carbocycles. The number of anilines is 2. The van der Waals surface area contributed by atoms with Gasteiger partial charge < -0.3 is 10.6 Å². The van der Waals surface area contributed by atoms with Crippen LogP contribution in [-0.2, 0) is 21.4 Å². The van der Waals surface area contributed by atoms with E-state index in [-0.39, 0.29) is 13.7 Å². The molecule has 0 atom stereocenters. The van der Waals surface area contributed by atoms with Crippen LogP contribution < -0.4 is 15.4 Å². The van der Waals surface area contributed by atoms with Crippen LogP contribution in [0.15, 0.2) is 71.1 Å². The largest absolute Gasteiger partial charge is 0.326 e. The van der Waals surface area contributed by atoms with E-state index in [0.717, 1.165) is 12.1 Å². The van der Waals surface area contributed by atoms with Crippen LogP contribution in [0.3, 0.4) is 0 Å². The van der Waals surface area contributed by atoms with E-state index in [0.29, 0.717) is 24.6 Å². The van der Waals surface area contributed by atoms with Gasteiger partial charge in [-0.15, -0.1) is 11.3 Å². The van der Waals surface area contributed by atoms with E-state index in [1.165, 1.54) is 35.2 Å². The molecule has 1 amide bonds. The number of hydrogen-bond donors (Lipinski definition) is 2. The van der Waals surface area contributed by atoms with E-state index < -0.39 is 10.0 Å². The van der Waals surface area contributed by atoms with Gasteiger partial charge in [-0.3, -0.25) is 9.52 Å². The zero-order valence-corrected chi connectivity index (χ0v) is 17.3. The van der Waals surface area contributed by atoms with Crippen LogP contribution in [0.5, 0.6) is 0 Å². The zero-order chi connectivity index (χ0) is 20.7. The Morgan fingerprint density at radius 1 is 1.14 bits per heavy atom. The Balaban J connectivity index is 0.000000410. The van der Waals surface area contributed by atoms with Gasteiger partial charge in [0.2, 0.25) is 5.91 Å². The normalized spacial score (nSPS) is 13.7. The third kappa shape index (κ3) is 5.63. The molecule has 1 fully saturated rings. The van der Waals surface area contributed by atoms with E-state index in [9.17, 15) is 13.2 Å². The molecule has 0 bridgehead atoms. The van der Waals surface area contributed by atoms with Gasteiger partial charge in [-0.2, -0.15) is 0 Å². The summed E-state index contributed by atoms with van der Waals surface area (Å²) in [5, 5.41) is 2.02. The lowest BCUT2D eigenvalue weighted by Gasteiger charge is -2.16. The topological polar surface area (TPSA) is 105 Å². The van der Waals surface area contributed by atoms with E-state index >= 15 is 0 Å². The van der Waals surface area contributed by atoms with Crippen LogP contribution in [-0.4, -0.2) is 25.9 Å². The van der Waals surface area contributed by atoms with Gasteiger partial charge in [0, 0.05) is 39.6 Å². The molecule has 1 aliphatic rings. The molecule has 0 radical (unpaired) electrons. The molecule has 0 saturated carbocycles. The van der Waals surface area contributed by atoms with Crippen molar-refractivity contribution in [3.8, 4) is 0 Å². The van der Waals surface area contributed by atoms with Crippen molar-refractivity contribution >= 4 is 38.1 Å². The zero-order valence-electron chi connectivity index (χ0n) is 15.7. The van der Waals surface area contributed by atoms with Crippen LogP contribution in [0.25, 0.3) is 0 Å². The van der Waals surface area contributed by atoms with Crippen LogP contribution >= 0.6 is 11.3 Å². The number of carbonyl (C=O) groups excluding carboxylic acids is 1. The Labute approximate surface area is 177 Å². The summed E-state index contributed by atoms with van der Waals surface area (Å²) in [6.07, 6.45) is 2.92. The fourth-order valence-electron chi connectivity index (χ4n) is 2.79. The highest BCUT2D eigenvalue weighted by Gasteiger charge is 2.22. The Morgan fingerprint density at radius 3 is 2.38 bits per heavy atom. The molecule has 1 aromatic heterocycles. The SMILES string of the molecule is NCc1ccccc1.O=C1CCCN1c1ccc(S(=O)(=O)Nc2nccs2)cc1.[HH].[HH]. The lowest BCUT2D eigenvalue weighted by Crippen LogP contribution is -2.23. The van der Waals surface area contributed by atoms with Crippen molar-refractivity contribution in [2.45, 2.75) is 24.3 Å². The fourth-order valence-corrected chi connectivity index (χ4v) is 4.58. The second-order valence-corrected chi connectivity index (χ2v) is 8.85. The maximum absolute atomic E-state index is 12.2. The number of thiazole rings is 1. The number of nitrogens with two attached hydrogens (primary N) is 1. The van der Waals surface area contributed by atoms with Gasteiger partial charge in [0.25, 0.3) is 10.0 Å². The maximum atomic E-state index is 12.2. The van der Waals surface area contributed by atoms with Crippen molar-refractivity contribution in [1.29, 1.82) is 0 Å². The summed E-state index contributed by atoms with van der Waals surface area (Å²) >= 11 is 1.21. The Bertz CT molecular complexity index is 1030. The van der Waals surface area contributed by atoms with Crippen molar-refractivity contribution in [2.75, 3.05) is 16.2 Å². The lowest BCUT2D eigenvalue weighted by atomic mass is 10.2. The molecule has 9 heteroatoms. The van der Waals surface area contributed by atoms with Crippen LogP contribution in [0.4, 0.5) is 10.8 Å². The molecule has 7 nitrogen and oxygen atoms in total. The Morgan fingerprint density at radius 2 is 1.86 bits per heavy atom. The number of hydrogen-bond acceptors (Lipinski definition) is 6. The highest BCUT2D eigenvalue weighted by Crippen LogP contribution is 2.24. The molecular weight excluding hydrogens is 408 g/mol. The van der Waals surface area contributed by atoms with Gasteiger partial charge in [-0.1, -0.05) is 30.3 Å². The first-order valence-corrected chi connectivity index (χ1v) is 11.4. The van der Waals surface area contributed by atoms with Crippen LogP contribution in [0, 0.1) is 0 Å². The average molecular weight is 435 g/mol. The molecule has 1 saturated heterocycles. The van der Waals surface area contributed by atoms with Crippen molar-refractivity contribution in [3.63, 3.8) is 0 Å². The number of aromatic nitrogens is 1. The first-order chi connectivity index (χ1) is 14.0. The minimum atomic E-state index is -3.64. The standard InChI is InChI=1S/C13H13N3O3S2.C7H9N.2H2/c17-12-2-1-8-16(12)10-3-5-11(6-4-10)21(18,19)15-13-14-7-9-20-13;8-6-7-4-2-1-3-5-7;;/h3-7,9H,1-2,8H2,(H,14,15);1-5H,6,8H2;2*1H. The summed E-state index contributed by atoms with van der Waals surface area (Å²) < 4.78 is 26.8. The summed E-state index contributed by atoms with van der Waals surface area (Å²) in [5.74, 6) is 0.0755. The summed E-state index contributed by atoms with van der Waals surface area (Å²) in [4.78, 5) is 17.4. The van der Waals surface area contributed by atoms with Gasteiger partial charge in [0.1, 0.15) is 0 Å². The number of benzene rings is 2. The first-order valence-electron chi connectivity index (χ1n) is 9.06. The minimum Gasteiger partial charge on any atom is -0.326 e. The molecule has 3 aromatic rings. The van der Waals surface area contributed by atoms with E-state index in [4.69, 9.17) is 5.73 Å². The second kappa shape index (κ2) is 9.64. The quantitative estimate of drug-likeness (QED) is 0.637. The molecule has 3 N–H and O–H groups in total. The summed E-state index contributed by atoms with van der Waals surface area (Å²) in [6, 6.07) is 16.3. The molecule has 2 heterocycles. The molecule has 0 spiro atoms. The van der Waals surface area contributed by atoms with Crippen molar-refractivity contribution < 1.29 is 16.1 Å². The number of sulfonamides is 1. The van der Waals surface area contributed by atoms with Gasteiger partial charge in [-0.05, 0) is 36.2 Å². The Hall–Kier alpha value is -2.75. The summed E-state index contributed by atoms with van der Waals surface area (Å²) in [6.45, 7) is 1.32. The van der Waals surface area contributed by atoms with Gasteiger partial charge in [0.05, 0.1) is 4.90 Å². The summed E-state index contributed by atoms with van der Waals surface area (Å²) in [7, 11) is -3.64. The predicted octanol–water partition coefficient (Wildman–Crippen LogP) is 3.71. The van der Waals surface area contributed by atoms with Crippen molar-refractivity contribution in [2.24, 2.45) is 5.73 Å². The maximum Gasteiger partial charge on any atom is 0.263 e. The highest BCUT2D eigenvalue weighted by molar-refractivity contribution is 7.93. The van der Waals surface area contributed by atoms with Gasteiger partial charge in [-0.25, -0.2) is 13.4 Å². The number of amides is 1. The van der Waals surface area contributed by atoms with Crippen LogP contribution in [0.2, 0.25) is 0 Å². The Kier molecular flexibility index (Phi) is 6.97. The molecule has 29 heavy (non-hydrogen) atoms. The lowest BCUT2D eigenvalue weighted by molar-refractivity contribution is -0.117. The second-order valence-electron chi connectivity index (χ2n) is 6.28. The molecule has 0 unspecified atom stereocenters. The van der Waals surface area contributed by atoms with E-state index in [2.05, 4.69) is 9.71 Å². The molecule has 1 aliphatic heterocycles. The van der Waals surface area contributed by atoms with E-state index in [1.54, 1.807) is 22.4 Å². The monoisotopic (exact) mass is 434 g/mol. The smallest absolute Gasteiger partial charge is 0.263 e. The fraction of sp³-hybridized carbons (Fsp3) is 0.200. The number of nitrogens with zero attached hydrogens (tertiary/aromatic N) is 2. The third-order valence-electron chi connectivity index (χ3n) is 4.26. The predicted molar refractivity (Wildman–Crippen MR) is 120 cm³/mol. The van der Waals surface area contributed by atoms with Crippen molar-refractivity contribution in [3.05, 3.63) is 71.7 Å². The van der Waals surface area contributed by atoms with Crippen molar-refractivity contribution in [1.82, 2.24) is 4.98 Å². The molecular formula is C20H26N4O3S2. The minimum absolute atomic E-state index is 0. The number of rotatable bonds is 5. The highest BCUT2D eigenvalue weighted by atomic mass is 32.2. The first kappa shape index (κ1) is 21.0. The molecule has 2 aromatic carbocycles. The van der Waals surface area contributed by atoms with Crippen LogP contribution in [0.1, 0.15) is 21.3 Å². The van der Waals surface area contributed by atoms with Gasteiger partial charge >= 0.3 is 0 Å². The average Bonchev–Trinajstić information content (AvgIpc) is 3.40. The molecule has 156 valence electrons. The van der Waals surface area contributed by atoms with E-state index in [1.807, 2.05) is 30.3 Å². The third-order valence-corrected chi connectivity index (χ3v) is 6.44.